The van der Waals surface area contributed by atoms with Gasteiger partial charge in [-0.05, 0) is 25.7 Å². The fraction of sp³-hybridized carbons (Fsp3) is 0.857. The van der Waals surface area contributed by atoms with Gasteiger partial charge in [0.15, 0.2) is 5.96 Å². The SMILES string of the molecule is NC(N)=NCCC[C@H](N)C(=O)N[C@H]1CCN2C[C@H](O)[C@@H](O)[C@@H]2C1. The second kappa shape index (κ2) is 7.91. The van der Waals surface area contributed by atoms with E-state index in [0.717, 1.165) is 13.0 Å². The molecule has 0 radical (unpaired) electrons. The molecular weight excluding hydrogens is 300 g/mol. The molecule has 0 aliphatic carbocycles. The van der Waals surface area contributed by atoms with E-state index in [9.17, 15) is 15.0 Å². The maximum Gasteiger partial charge on any atom is 0.237 e. The fourth-order valence-electron chi connectivity index (χ4n) is 3.32. The largest absolute Gasteiger partial charge is 0.389 e. The van der Waals surface area contributed by atoms with E-state index in [4.69, 9.17) is 17.2 Å². The van der Waals surface area contributed by atoms with Gasteiger partial charge >= 0.3 is 0 Å². The van der Waals surface area contributed by atoms with Gasteiger partial charge in [-0.1, -0.05) is 0 Å². The zero-order valence-corrected chi connectivity index (χ0v) is 13.3. The molecule has 2 fully saturated rings. The van der Waals surface area contributed by atoms with Gasteiger partial charge in [-0.3, -0.25) is 14.7 Å². The molecule has 1 amide bonds. The van der Waals surface area contributed by atoms with Gasteiger partial charge in [-0.15, -0.1) is 0 Å². The molecule has 0 saturated carbocycles. The van der Waals surface area contributed by atoms with Gasteiger partial charge in [0, 0.05) is 31.7 Å². The van der Waals surface area contributed by atoms with Crippen LogP contribution in [0.5, 0.6) is 0 Å². The maximum atomic E-state index is 12.1. The van der Waals surface area contributed by atoms with E-state index in [-0.39, 0.29) is 24.0 Å². The van der Waals surface area contributed by atoms with E-state index < -0.39 is 18.2 Å². The predicted molar refractivity (Wildman–Crippen MR) is 86.4 cm³/mol. The molecule has 23 heavy (non-hydrogen) atoms. The van der Waals surface area contributed by atoms with Crippen LogP contribution >= 0.6 is 0 Å². The topological polar surface area (TPSA) is 163 Å². The van der Waals surface area contributed by atoms with Crippen LogP contribution in [0.1, 0.15) is 25.7 Å². The Kier molecular flexibility index (Phi) is 6.17. The number of rotatable bonds is 6. The molecule has 2 heterocycles. The highest BCUT2D eigenvalue weighted by Gasteiger charge is 2.43. The summed E-state index contributed by atoms with van der Waals surface area (Å²) < 4.78 is 0. The summed E-state index contributed by atoms with van der Waals surface area (Å²) in [6.45, 7) is 1.70. The van der Waals surface area contributed by atoms with Crippen molar-refractivity contribution in [1.29, 1.82) is 0 Å². The van der Waals surface area contributed by atoms with Crippen LogP contribution < -0.4 is 22.5 Å². The number of nitrogens with one attached hydrogen (secondary N) is 1. The Bertz CT molecular complexity index is 442. The summed E-state index contributed by atoms with van der Waals surface area (Å²) in [5.74, 6) is -0.159. The minimum atomic E-state index is -0.747. The molecule has 132 valence electrons. The molecular formula is C14H28N6O3. The van der Waals surface area contributed by atoms with Crippen LogP contribution in [0.3, 0.4) is 0 Å². The second-order valence-corrected chi connectivity index (χ2v) is 6.41. The highest BCUT2D eigenvalue weighted by Crippen LogP contribution is 2.27. The van der Waals surface area contributed by atoms with E-state index in [0.29, 0.717) is 32.4 Å². The van der Waals surface area contributed by atoms with E-state index in [1.807, 2.05) is 0 Å². The van der Waals surface area contributed by atoms with E-state index in [1.54, 1.807) is 0 Å². The first-order chi connectivity index (χ1) is 10.9. The number of piperidine rings is 1. The van der Waals surface area contributed by atoms with Gasteiger partial charge in [-0.25, -0.2) is 0 Å². The summed E-state index contributed by atoms with van der Waals surface area (Å²) in [7, 11) is 0. The molecule has 0 aromatic heterocycles. The summed E-state index contributed by atoms with van der Waals surface area (Å²) in [4.78, 5) is 18.1. The lowest BCUT2D eigenvalue weighted by Crippen LogP contribution is -2.53. The first-order valence-electron chi connectivity index (χ1n) is 8.10. The molecule has 0 bridgehead atoms. The Morgan fingerprint density at radius 3 is 2.83 bits per heavy atom. The minimum Gasteiger partial charge on any atom is -0.389 e. The number of fused-ring (bicyclic) bond motifs is 1. The fourth-order valence-corrected chi connectivity index (χ4v) is 3.32. The van der Waals surface area contributed by atoms with E-state index >= 15 is 0 Å². The summed E-state index contributed by atoms with van der Waals surface area (Å²) >= 11 is 0. The normalized spacial score (nSPS) is 32.1. The van der Waals surface area contributed by atoms with E-state index in [2.05, 4.69) is 15.2 Å². The zero-order chi connectivity index (χ0) is 17.0. The number of carbonyl (C=O) groups excluding carboxylic acids is 1. The number of amides is 1. The highest BCUT2D eigenvalue weighted by molar-refractivity contribution is 5.81. The molecule has 2 saturated heterocycles. The summed E-state index contributed by atoms with van der Waals surface area (Å²) in [6.07, 6.45) is 1.12. The van der Waals surface area contributed by atoms with Crippen molar-refractivity contribution < 1.29 is 15.0 Å². The number of carbonyl (C=O) groups is 1. The molecule has 2 rings (SSSR count). The third-order valence-corrected chi connectivity index (χ3v) is 4.62. The standard InChI is InChI=1S/C14H28N6O3/c15-9(2-1-4-18-14(16)17)13(23)19-8-3-5-20-7-11(21)12(22)10(20)6-8/h8-12,21-22H,1-7,15H2,(H,19,23)(H4,16,17,18)/t8-,9-,10-,11-,12-/m0/s1. The third kappa shape index (κ3) is 4.77. The van der Waals surface area contributed by atoms with Crippen molar-refractivity contribution in [2.24, 2.45) is 22.2 Å². The average Bonchev–Trinajstić information content (AvgIpc) is 2.78. The zero-order valence-electron chi connectivity index (χ0n) is 13.3. The molecule has 9 N–H and O–H groups in total. The summed E-state index contributed by atoms with van der Waals surface area (Å²) in [5, 5.41) is 22.6. The number of aliphatic hydroxyl groups excluding tert-OH is 2. The van der Waals surface area contributed by atoms with Crippen molar-refractivity contribution in [3.05, 3.63) is 0 Å². The second-order valence-electron chi connectivity index (χ2n) is 6.41. The van der Waals surface area contributed by atoms with E-state index in [1.165, 1.54) is 0 Å². The third-order valence-electron chi connectivity index (χ3n) is 4.62. The Morgan fingerprint density at radius 2 is 2.13 bits per heavy atom. The van der Waals surface area contributed by atoms with Crippen LogP contribution in [0.25, 0.3) is 0 Å². The minimum absolute atomic E-state index is 0.0209. The Balaban J connectivity index is 1.74. The quantitative estimate of drug-likeness (QED) is 0.172. The Morgan fingerprint density at radius 1 is 1.39 bits per heavy atom. The molecule has 0 aromatic carbocycles. The number of aliphatic hydroxyl groups is 2. The smallest absolute Gasteiger partial charge is 0.237 e. The Labute approximate surface area is 135 Å². The van der Waals surface area contributed by atoms with Crippen LogP contribution in [-0.4, -0.2) is 76.9 Å². The number of aliphatic imine (C=N–C) groups is 1. The predicted octanol–water partition coefficient (Wildman–Crippen LogP) is -2.95. The van der Waals surface area contributed by atoms with Gasteiger partial charge in [0.25, 0.3) is 0 Å². The van der Waals surface area contributed by atoms with Crippen LogP contribution in [0.4, 0.5) is 0 Å². The summed E-state index contributed by atoms with van der Waals surface area (Å²) in [6, 6.07) is -0.712. The van der Waals surface area contributed by atoms with Crippen LogP contribution in [0.15, 0.2) is 4.99 Å². The monoisotopic (exact) mass is 328 g/mol. The average molecular weight is 328 g/mol. The lowest BCUT2D eigenvalue weighted by Gasteiger charge is -2.36. The molecule has 0 aromatic rings. The lowest BCUT2D eigenvalue weighted by molar-refractivity contribution is -0.123. The van der Waals surface area contributed by atoms with Gasteiger partial charge in [0.1, 0.15) is 0 Å². The van der Waals surface area contributed by atoms with Gasteiger partial charge in [0.05, 0.1) is 18.2 Å². The molecule has 9 nitrogen and oxygen atoms in total. The first kappa shape index (κ1) is 17.9. The van der Waals surface area contributed by atoms with Crippen molar-refractivity contribution >= 4 is 11.9 Å². The Hall–Kier alpha value is -1.42. The van der Waals surface area contributed by atoms with Gasteiger partial charge < -0.3 is 32.7 Å². The number of guanidine groups is 1. The number of nitrogens with two attached hydrogens (primary N) is 3. The molecule has 0 unspecified atom stereocenters. The number of hydrogen-bond acceptors (Lipinski definition) is 6. The van der Waals surface area contributed by atoms with Crippen LogP contribution in [0, 0.1) is 0 Å². The highest BCUT2D eigenvalue weighted by atomic mass is 16.3. The van der Waals surface area contributed by atoms with Crippen molar-refractivity contribution in [1.82, 2.24) is 10.2 Å². The van der Waals surface area contributed by atoms with Crippen LogP contribution in [0.2, 0.25) is 0 Å². The number of nitrogens with zero attached hydrogens (tertiary/aromatic N) is 2. The maximum absolute atomic E-state index is 12.1. The molecule has 2 aliphatic heterocycles. The summed E-state index contributed by atoms with van der Waals surface area (Å²) in [5.41, 5.74) is 16.3. The van der Waals surface area contributed by atoms with Gasteiger partial charge in [0.2, 0.25) is 5.91 Å². The van der Waals surface area contributed by atoms with Crippen molar-refractivity contribution in [2.45, 2.75) is 56.0 Å². The molecule has 0 spiro atoms. The molecule has 5 atom stereocenters. The van der Waals surface area contributed by atoms with Crippen molar-refractivity contribution in [2.75, 3.05) is 19.6 Å². The van der Waals surface area contributed by atoms with Crippen LogP contribution in [-0.2, 0) is 4.79 Å². The first-order valence-corrected chi connectivity index (χ1v) is 8.10. The van der Waals surface area contributed by atoms with Gasteiger partial charge in [-0.2, -0.15) is 0 Å². The van der Waals surface area contributed by atoms with Crippen molar-refractivity contribution in [3.63, 3.8) is 0 Å². The lowest BCUT2D eigenvalue weighted by atomic mass is 9.95. The number of hydrogen-bond donors (Lipinski definition) is 6. The van der Waals surface area contributed by atoms with Crippen molar-refractivity contribution in [3.8, 4) is 0 Å². The molecule has 2 aliphatic rings. The molecule has 9 heteroatoms.